The van der Waals surface area contributed by atoms with Crippen LogP contribution >= 0.6 is 0 Å². The lowest BCUT2D eigenvalue weighted by molar-refractivity contribution is -0.165. The van der Waals surface area contributed by atoms with Crippen LogP contribution in [0, 0.1) is 21.7 Å². The van der Waals surface area contributed by atoms with Gasteiger partial charge in [0.2, 0.25) is 11.8 Å². The van der Waals surface area contributed by atoms with E-state index in [4.69, 9.17) is 4.74 Å². The third-order valence-corrected chi connectivity index (χ3v) is 10.2. The highest BCUT2D eigenvalue weighted by Crippen LogP contribution is 2.66. The molecule has 4 fully saturated rings. The predicted molar refractivity (Wildman–Crippen MR) is 137 cm³/mol. The van der Waals surface area contributed by atoms with E-state index in [1.807, 2.05) is 0 Å². The van der Waals surface area contributed by atoms with E-state index in [0.717, 1.165) is 19.3 Å². The topological polar surface area (TPSA) is 146 Å². The second-order valence-corrected chi connectivity index (χ2v) is 12.4. The Morgan fingerprint density at radius 1 is 1.13 bits per heavy atom. The summed E-state index contributed by atoms with van der Waals surface area (Å²) in [4.78, 5) is 52.9. The predicted octanol–water partition coefficient (Wildman–Crippen LogP) is 3.17. The lowest BCUT2D eigenvalue weighted by Gasteiger charge is -2.39. The summed E-state index contributed by atoms with van der Waals surface area (Å²) in [6.07, 6.45) is 4.81. The van der Waals surface area contributed by atoms with E-state index in [9.17, 15) is 29.5 Å². The molecule has 206 valence electrons. The maximum atomic E-state index is 13.6. The van der Waals surface area contributed by atoms with Crippen LogP contribution in [0.4, 0.5) is 0 Å². The van der Waals surface area contributed by atoms with Gasteiger partial charge in [0.25, 0.3) is 0 Å². The minimum Gasteiger partial charge on any atom is -0.504 e. The molecule has 1 saturated heterocycles. The zero-order valence-electron chi connectivity index (χ0n) is 22.2. The van der Waals surface area contributed by atoms with Gasteiger partial charge in [-0.05, 0) is 74.0 Å². The minimum atomic E-state index is -1.31. The molecule has 3 saturated carbocycles. The number of carbonyl (C=O) groups excluding carboxylic acids is 3. The van der Waals surface area contributed by atoms with Crippen LogP contribution in [-0.4, -0.2) is 63.2 Å². The SMILES string of the molecule is CC1(C)C2CCC1(C)C(OC(=O)C1CCCN1C(=O)C1(NC(=O)C(Cc3ccc(O)c(O)c3)N=O)CC1)C2. The summed E-state index contributed by atoms with van der Waals surface area (Å²) < 4.78 is 6.09. The maximum Gasteiger partial charge on any atom is 0.329 e. The summed E-state index contributed by atoms with van der Waals surface area (Å²) in [5, 5.41) is 24.8. The van der Waals surface area contributed by atoms with Crippen LogP contribution in [0.3, 0.4) is 0 Å². The molecule has 2 bridgehead atoms. The van der Waals surface area contributed by atoms with E-state index >= 15 is 0 Å². The number of amides is 2. The Hall–Kier alpha value is -3.17. The highest BCUT2D eigenvalue weighted by atomic mass is 16.5. The first-order chi connectivity index (χ1) is 17.9. The van der Waals surface area contributed by atoms with Crippen LogP contribution in [0.15, 0.2) is 23.4 Å². The molecule has 3 aliphatic carbocycles. The lowest BCUT2D eigenvalue weighted by atomic mass is 9.70. The number of hydrogen-bond donors (Lipinski definition) is 3. The number of nitrogens with one attached hydrogen (secondary N) is 1. The molecule has 5 unspecified atom stereocenters. The first-order valence-corrected chi connectivity index (χ1v) is 13.6. The highest BCUT2D eigenvalue weighted by molar-refractivity contribution is 5.97. The van der Waals surface area contributed by atoms with Crippen LogP contribution in [0.5, 0.6) is 11.5 Å². The molecule has 3 N–H and O–H groups in total. The fourth-order valence-corrected chi connectivity index (χ4v) is 6.99. The van der Waals surface area contributed by atoms with Gasteiger partial charge in [-0.15, -0.1) is 4.91 Å². The summed E-state index contributed by atoms with van der Waals surface area (Å²) in [7, 11) is 0. The molecule has 4 aliphatic rings. The standard InChI is InChI=1S/C28H37N3O7/c1-26(2)17-8-9-27(26,3)22(15-17)38-24(35)19-5-4-12-31(19)25(36)28(10-11-28)29-23(34)18(30-37)13-16-6-7-20(32)21(33)14-16/h6-7,14,17-19,22,32-33H,4-5,8-13,15H2,1-3H3,(H,29,34). The summed E-state index contributed by atoms with van der Waals surface area (Å²) in [5.41, 5.74) is -0.679. The Kier molecular flexibility index (Phi) is 6.43. The molecule has 1 heterocycles. The van der Waals surface area contributed by atoms with Crippen molar-refractivity contribution >= 4 is 17.8 Å². The molecule has 10 heteroatoms. The quantitative estimate of drug-likeness (QED) is 0.267. The third-order valence-electron chi connectivity index (χ3n) is 10.2. The van der Waals surface area contributed by atoms with Gasteiger partial charge < -0.3 is 25.2 Å². The zero-order chi connectivity index (χ0) is 27.5. The molecule has 0 radical (unpaired) electrons. The summed E-state index contributed by atoms with van der Waals surface area (Å²) in [6.45, 7) is 7.14. The Balaban J connectivity index is 1.23. The van der Waals surface area contributed by atoms with Crippen LogP contribution < -0.4 is 5.32 Å². The molecule has 5 rings (SSSR count). The van der Waals surface area contributed by atoms with Crippen molar-refractivity contribution in [2.45, 2.75) is 95.9 Å². The van der Waals surface area contributed by atoms with Gasteiger partial charge in [0.1, 0.15) is 17.7 Å². The number of esters is 1. The number of rotatable bonds is 8. The van der Waals surface area contributed by atoms with Gasteiger partial charge in [-0.25, -0.2) is 4.79 Å². The van der Waals surface area contributed by atoms with Crippen molar-refractivity contribution in [3.05, 3.63) is 28.7 Å². The second-order valence-electron chi connectivity index (χ2n) is 12.4. The molecule has 10 nitrogen and oxygen atoms in total. The van der Waals surface area contributed by atoms with Crippen molar-refractivity contribution < 1.29 is 29.3 Å². The number of carbonyl (C=O) groups is 3. The Bertz CT molecular complexity index is 1160. The normalized spacial score (nSPS) is 31.0. The Labute approximate surface area is 222 Å². The van der Waals surface area contributed by atoms with Gasteiger partial charge in [-0.1, -0.05) is 32.0 Å². The number of benzene rings is 1. The van der Waals surface area contributed by atoms with Crippen molar-refractivity contribution in [3.63, 3.8) is 0 Å². The molecule has 1 aromatic rings. The highest BCUT2D eigenvalue weighted by Gasteiger charge is 2.63. The van der Waals surface area contributed by atoms with Crippen molar-refractivity contribution in [2.75, 3.05) is 6.54 Å². The summed E-state index contributed by atoms with van der Waals surface area (Å²) in [5.74, 6) is -1.52. The maximum absolute atomic E-state index is 13.6. The number of fused-ring (bicyclic) bond motifs is 2. The van der Waals surface area contributed by atoms with Crippen molar-refractivity contribution in [1.82, 2.24) is 10.2 Å². The van der Waals surface area contributed by atoms with E-state index in [1.54, 1.807) is 0 Å². The van der Waals surface area contributed by atoms with Crippen molar-refractivity contribution in [1.29, 1.82) is 0 Å². The van der Waals surface area contributed by atoms with E-state index in [-0.39, 0.29) is 46.7 Å². The molecule has 1 aliphatic heterocycles. The average molecular weight is 528 g/mol. The Morgan fingerprint density at radius 2 is 1.87 bits per heavy atom. The van der Waals surface area contributed by atoms with E-state index in [1.165, 1.54) is 23.1 Å². The minimum absolute atomic E-state index is 0.0718. The average Bonchev–Trinajstić information content (AvgIpc) is 3.34. The van der Waals surface area contributed by atoms with Crippen molar-refractivity contribution in [3.8, 4) is 11.5 Å². The smallest absolute Gasteiger partial charge is 0.329 e. The van der Waals surface area contributed by atoms with Crippen LogP contribution in [0.25, 0.3) is 0 Å². The number of phenols is 2. The number of hydrogen-bond acceptors (Lipinski definition) is 8. The molecule has 0 spiro atoms. The molecular formula is C28H37N3O7. The number of nitrogens with zero attached hydrogens (tertiary/aromatic N) is 2. The van der Waals surface area contributed by atoms with Gasteiger partial charge >= 0.3 is 5.97 Å². The largest absolute Gasteiger partial charge is 0.504 e. The molecule has 0 aromatic heterocycles. The van der Waals surface area contributed by atoms with Gasteiger partial charge in [0.15, 0.2) is 17.5 Å². The molecule has 2 amide bonds. The van der Waals surface area contributed by atoms with Gasteiger partial charge in [-0.3, -0.25) is 9.59 Å². The third kappa shape index (κ3) is 4.22. The van der Waals surface area contributed by atoms with Crippen LogP contribution in [-0.2, 0) is 25.5 Å². The number of likely N-dealkylation sites (tertiary alicyclic amines) is 1. The van der Waals surface area contributed by atoms with Crippen LogP contribution in [0.1, 0.15) is 71.3 Å². The summed E-state index contributed by atoms with van der Waals surface area (Å²) in [6, 6.07) is 2.02. The van der Waals surface area contributed by atoms with E-state index in [2.05, 4.69) is 31.3 Å². The zero-order valence-corrected chi connectivity index (χ0v) is 22.2. The van der Waals surface area contributed by atoms with Crippen LogP contribution in [0.2, 0.25) is 0 Å². The number of aromatic hydroxyl groups is 2. The monoisotopic (exact) mass is 527 g/mol. The molecular weight excluding hydrogens is 490 g/mol. The van der Waals surface area contributed by atoms with E-state index in [0.29, 0.717) is 43.7 Å². The number of ether oxygens (including phenoxy) is 1. The van der Waals surface area contributed by atoms with E-state index < -0.39 is 23.5 Å². The number of nitroso groups, excluding NO2 is 1. The molecule has 1 aromatic carbocycles. The Morgan fingerprint density at radius 3 is 2.45 bits per heavy atom. The van der Waals surface area contributed by atoms with Gasteiger partial charge in [-0.2, -0.15) is 0 Å². The van der Waals surface area contributed by atoms with Crippen molar-refractivity contribution in [2.24, 2.45) is 21.9 Å². The first kappa shape index (κ1) is 26.4. The second kappa shape index (κ2) is 9.24. The first-order valence-electron chi connectivity index (χ1n) is 13.6. The summed E-state index contributed by atoms with van der Waals surface area (Å²) >= 11 is 0. The van der Waals surface area contributed by atoms with Gasteiger partial charge in [0, 0.05) is 18.4 Å². The fraction of sp³-hybridized carbons (Fsp3) is 0.679. The molecule has 5 atom stereocenters. The number of phenolic OH excluding ortho intramolecular Hbond substituents is 2. The fourth-order valence-electron chi connectivity index (χ4n) is 6.99. The lowest BCUT2D eigenvalue weighted by Crippen LogP contribution is -2.55. The molecule has 38 heavy (non-hydrogen) atoms. The van der Waals surface area contributed by atoms with Gasteiger partial charge in [0.05, 0.1) is 0 Å².